The van der Waals surface area contributed by atoms with Gasteiger partial charge in [0.05, 0.1) is 5.69 Å². The van der Waals surface area contributed by atoms with Crippen LogP contribution in [0, 0.1) is 0 Å². The summed E-state index contributed by atoms with van der Waals surface area (Å²) in [6.45, 7) is 0. The van der Waals surface area contributed by atoms with Gasteiger partial charge in [-0.25, -0.2) is 0 Å². The molecule has 0 aliphatic carbocycles. The van der Waals surface area contributed by atoms with Gasteiger partial charge in [-0.15, -0.1) is 0 Å². The van der Waals surface area contributed by atoms with Gasteiger partial charge in [-0.05, 0) is 75.5 Å². The zero-order valence-electron chi connectivity index (χ0n) is 26.3. The SMILES string of the molecule is c1ccc(-c2ccc(N(c3ccc(-c4c5ccccc5cc5c4oc4ccccc45)cc3)c3ccccc3-c3ccccc3)cc2)cc1. The Balaban J connectivity index is 1.21. The minimum absolute atomic E-state index is 0.906. The molecule has 0 saturated heterocycles. The van der Waals surface area contributed by atoms with Crippen LogP contribution in [0.25, 0.3) is 66.1 Å². The van der Waals surface area contributed by atoms with Crippen molar-refractivity contribution in [3.63, 3.8) is 0 Å². The molecule has 0 bridgehead atoms. The van der Waals surface area contributed by atoms with Crippen molar-refractivity contribution in [2.45, 2.75) is 0 Å². The number of hydrogen-bond donors (Lipinski definition) is 0. The zero-order chi connectivity index (χ0) is 31.9. The zero-order valence-corrected chi connectivity index (χ0v) is 26.3. The van der Waals surface area contributed by atoms with Crippen molar-refractivity contribution in [2.75, 3.05) is 4.90 Å². The molecule has 0 atom stereocenters. The number of benzene rings is 8. The van der Waals surface area contributed by atoms with Crippen LogP contribution in [0.4, 0.5) is 17.1 Å². The summed E-state index contributed by atoms with van der Waals surface area (Å²) in [7, 11) is 0. The lowest BCUT2D eigenvalue weighted by atomic mass is 9.95. The number of furan rings is 1. The molecule has 0 saturated carbocycles. The summed E-state index contributed by atoms with van der Waals surface area (Å²) >= 11 is 0. The summed E-state index contributed by atoms with van der Waals surface area (Å²) in [5, 5.41) is 4.66. The number of para-hydroxylation sites is 2. The highest BCUT2D eigenvalue weighted by molar-refractivity contribution is 6.18. The lowest BCUT2D eigenvalue weighted by molar-refractivity contribution is 0.670. The molecule has 1 aromatic heterocycles. The van der Waals surface area contributed by atoms with Crippen molar-refractivity contribution in [3.8, 4) is 33.4 Å². The Bertz CT molecular complexity index is 2530. The summed E-state index contributed by atoms with van der Waals surface area (Å²) in [5.41, 5.74) is 12.1. The molecule has 0 aliphatic heterocycles. The van der Waals surface area contributed by atoms with E-state index in [1.807, 2.05) is 6.07 Å². The minimum atomic E-state index is 0.906. The fraction of sp³-hybridized carbons (Fsp3) is 0. The Morgan fingerprint density at radius 2 is 0.917 bits per heavy atom. The first-order valence-electron chi connectivity index (χ1n) is 16.4. The van der Waals surface area contributed by atoms with Gasteiger partial charge < -0.3 is 9.32 Å². The second-order valence-corrected chi connectivity index (χ2v) is 12.1. The van der Waals surface area contributed by atoms with E-state index in [-0.39, 0.29) is 0 Å². The third-order valence-electron chi connectivity index (χ3n) is 9.27. The Morgan fingerprint density at radius 1 is 0.375 bits per heavy atom. The van der Waals surface area contributed by atoms with Crippen LogP contribution in [0.3, 0.4) is 0 Å². The number of nitrogens with zero attached hydrogens (tertiary/aromatic N) is 1. The second kappa shape index (κ2) is 11.8. The molecule has 226 valence electrons. The number of hydrogen-bond acceptors (Lipinski definition) is 2. The first-order valence-corrected chi connectivity index (χ1v) is 16.4. The van der Waals surface area contributed by atoms with Crippen molar-refractivity contribution in [2.24, 2.45) is 0 Å². The van der Waals surface area contributed by atoms with Gasteiger partial charge in [0.2, 0.25) is 0 Å². The fourth-order valence-corrected chi connectivity index (χ4v) is 6.98. The van der Waals surface area contributed by atoms with Crippen molar-refractivity contribution in [1.82, 2.24) is 0 Å². The third-order valence-corrected chi connectivity index (χ3v) is 9.27. The summed E-state index contributed by atoms with van der Waals surface area (Å²) in [6, 6.07) is 66.8. The molecule has 0 N–H and O–H groups in total. The average molecular weight is 614 g/mol. The first-order chi connectivity index (χ1) is 23.8. The highest BCUT2D eigenvalue weighted by Gasteiger charge is 2.19. The van der Waals surface area contributed by atoms with E-state index in [0.717, 1.165) is 50.1 Å². The van der Waals surface area contributed by atoms with Gasteiger partial charge in [0.15, 0.2) is 0 Å². The van der Waals surface area contributed by atoms with E-state index >= 15 is 0 Å². The Kier molecular flexibility index (Phi) is 6.84. The molecule has 0 spiro atoms. The van der Waals surface area contributed by atoms with E-state index in [0.29, 0.717) is 0 Å². The minimum Gasteiger partial charge on any atom is -0.455 e. The van der Waals surface area contributed by atoms with Crippen molar-refractivity contribution in [1.29, 1.82) is 0 Å². The topological polar surface area (TPSA) is 16.4 Å². The highest BCUT2D eigenvalue weighted by atomic mass is 16.3. The van der Waals surface area contributed by atoms with Gasteiger partial charge in [-0.2, -0.15) is 0 Å². The van der Waals surface area contributed by atoms with E-state index in [1.54, 1.807) is 0 Å². The van der Waals surface area contributed by atoms with Crippen LogP contribution in [0.2, 0.25) is 0 Å². The average Bonchev–Trinajstić information content (AvgIpc) is 3.53. The molecule has 0 fully saturated rings. The van der Waals surface area contributed by atoms with Crippen LogP contribution in [0.15, 0.2) is 192 Å². The lowest BCUT2D eigenvalue weighted by Crippen LogP contribution is -2.11. The molecule has 0 amide bonds. The van der Waals surface area contributed by atoms with E-state index in [1.165, 1.54) is 33.0 Å². The smallest absolute Gasteiger partial charge is 0.143 e. The van der Waals surface area contributed by atoms with Crippen LogP contribution in [0.5, 0.6) is 0 Å². The van der Waals surface area contributed by atoms with Crippen LogP contribution in [-0.4, -0.2) is 0 Å². The molecule has 2 nitrogen and oxygen atoms in total. The largest absolute Gasteiger partial charge is 0.455 e. The monoisotopic (exact) mass is 613 g/mol. The second-order valence-electron chi connectivity index (χ2n) is 12.1. The van der Waals surface area contributed by atoms with Crippen LogP contribution in [-0.2, 0) is 0 Å². The predicted octanol–water partition coefficient (Wildman–Crippen LogP) is 13.2. The summed E-state index contributed by atoms with van der Waals surface area (Å²) in [4.78, 5) is 2.36. The van der Waals surface area contributed by atoms with Gasteiger partial charge in [0, 0.05) is 33.3 Å². The molecule has 1 heterocycles. The van der Waals surface area contributed by atoms with E-state index < -0.39 is 0 Å². The van der Waals surface area contributed by atoms with E-state index in [9.17, 15) is 0 Å². The molecule has 0 radical (unpaired) electrons. The van der Waals surface area contributed by atoms with Gasteiger partial charge in [0.25, 0.3) is 0 Å². The molecule has 9 rings (SSSR count). The third kappa shape index (κ3) is 4.83. The van der Waals surface area contributed by atoms with Gasteiger partial charge in [-0.3, -0.25) is 0 Å². The quantitative estimate of drug-likeness (QED) is 0.185. The maximum atomic E-state index is 6.56. The summed E-state index contributed by atoms with van der Waals surface area (Å²) in [6.07, 6.45) is 0. The molecular weight excluding hydrogens is 583 g/mol. The summed E-state index contributed by atoms with van der Waals surface area (Å²) < 4.78 is 6.56. The Morgan fingerprint density at radius 3 is 1.65 bits per heavy atom. The first kappa shape index (κ1) is 27.9. The van der Waals surface area contributed by atoms with Crippen molar-refractivity contribution < 1.29 is 4.42 Å². The Hall–Kier alpha value is -6.38. The lowest BCUT2D eigenvalue weighted by Gasteiger charge is -2.28. The molecule has 48 heavy (non-hydrogen) atoms. The molecule has 8 aromatic carbocycles. The predicted molar refractivity (Wildman–Crippen MR) is 202 cm³/mol. The van der Waals surface area contributed by atoms with Crippen molar-refractivity contribution in [3.05, 3.63) is 188 Å². The molecule has 0 aliphatic rings. The normalized spacial score (nSPS) is 11.3. The van der Waals surface area contributed by atoms with Crippen LogP contribution < -0.4 is 4.90 Å². The van der Waals surface area contributed by atoms with E-state index in [4.69, 9.17) is 4.42 Å². The van der Waals surface area contributed by atoms with Crippen LogP contribution in [0.1, 0.15) is 0 Å². The van der Waals surface area contributed by atoms with Gasteiger partial charge >= 0.3 is 0 Å². The van der Waals surface area contributed by atoms with Crippen LogP contribution >= 0.6 is 0 Å². The van der Waals surface area contributed by atoms with Crippen molar-refractivity contribution >= 4 is 49.8 Å². The number of anilines is 3. The highest BCUT2D eigenvalue weighted by Crippen LogP contribution is 2.44. The maximum Gasteiger partial charge on any atom is 0.143 e. The summed E-state index contributed by atoms with van der Waals surface area (Å²) in [5.74, 6) is 0. The molecule has 0 unspecified atom stereocenters. The fourth-order valence-electron chi connectivity index (χ4n) is 6.98. The van der Waals surface area contributed by atoms with Gasteiger partial charge in [0.1, 0.15) is 11.2 Å². The van der Waals surface area contributed by atoms with E-state index in [2.05, 4.69) is 187 Å². The Labute approximate surface area is 279 Å². The van der Waals surface area contributed by atoms with Gasteiger partial charge in [-0.1, -0.05) is 146 Å². The maximum absolute atomic E-state index is 6.56. The number of rotatable bonds is 6. The molecular formula is C46H31NO. The molecule has 9 aromatic rings. The number of fused-ring (bicyclic) bond motifs is 4. The standard InChI is InChI=1S/C46H31NO/c1-3-13-32(14-4-1)33-23-27-37(28-24-33)47(43-21-11-9-18-39(43)34-15-5-2-6-16-34)38-29-25-35(26-30-38)45-40-19-8-7-17-36(40)31-42-41-20-10-12-22-44(41)48-46(42)45/h1-31H. The molecule has 2 heteroatoms.